The van der Waals surface area contributed by atoms with Crippen LogP contribution in [-0.2, 0) is 16.0 Å². The molecule has 0 spiro atoms. The minimum atomic E-state index is -0.634. The lowest BCUT2D eigenvalue weighted by atomic mass is 10.1. The summed E-state index contributed by atoms with van der Waals surface area (Å²) in [5.74, 6) is -0.774. The van der Waals surface area contributed by atoms with Crippen molar-refractivity contribution in [2.75, 3.05) is 0 Å². The Labute approximate surface area is 88.5 Å². The smallest absolute Gasteiger partial charge is 0.240 e. The normalized spacial score (nSPS) is 11.8. The number of benzene rings is 1. The predicted octanol–water partition coefficient (Wildman–Crippen LogP) is 0.219. The highest BCUT2D eigenvalue weighted by molar-refractivity contribution is 5.85. The van der Waals surface area contributed by atoms with E-state index >= 15 is 0 Å². The average Bonchev–Trinajstić information content (AvgIpc) is 2.17. The quantitative estimate of drug-likeness (QED) is 0.739. The molecule has 0 saturated carbocycles. The molecule has 0 unspecified atom stereocenters. The third-order valence-electron chi connectivity index (χ3n) is 2.00. The van der Waals surface area contributed by atoms with E-state index in [1.54, 1.807) is 0 Å². The number of nitrogens with one attached hydrogen (secondary N) is 1. The van der Waals surface area contributed by atoms with E-state index in [0.29, 0.717) is 6.42 Å². The zero-order valence-electron chi connectivity index (χ0n) is 8.57. The molecule has 0 aliphatic carbocycles. The molecule has 15 heavy (non-hydrogen) atoms. The second-order valence-corrected chi connectivity index (χ2v) is 3.35. The topological polar surface area (TPSA) is 72.2 Å². The molecule has 0 aliphatic rings. The van der Waals surface area contributed by atoms with Gasteiger partial charge in [-0.25, -0.2) is 0 Å². The van der Waals surface area contributed by atoms with Crippen LogP contribution in [0.2, 0.25) is 0 Å². The number of hydrogen-bond acceptors (Lipinski definition) is 2. The maximum Gasteiger partial charge on any atom is 0.240 e. The molecule has 0 radical (unpaired) electrons. The van der Waals surface area contributed by atoms with Crippen LogP contribution in [0.15, 0.2) is 30.3 Å². The van der Waals surface area contributed by atoms with Crippen molar-refractivity contribution < 1.29 is 9.59 Å². The molecular weight excluding hydrogens is 192 g/mol. The van der Waals surface area contributed by atoms with Crippen molar-refractivity contribution in [3.05, 3.63) is 35.9 Å². The number of rotatable bonds is 4. The van der Waals surface area contributed by atoms with Gasteiger partial charge in [0.15, 0.2) is 0 Å². The fourth-order valence-corrected chi connectivity index (χ4v) is 1.32. The molecule has 1 aromatic rings. The summed E-state index contributed by atoms with van der Waals surface area (Å²) in [5, 5.41) is 2.51. The van der Waals surface area contributed by atoms with Crippen molar-refractivity contribution >= 4 is 11.8 Å². The Hall–Kier alpha value is -1.84. The number of amides is 2. The SMILES string of the molecule is CC(=O)N[C@H](Cc1ccccc1)C(N)=O. The highest BCUT2D eigenvalue weighted by atomic mass is 16.2. The number of primary amides is 1. The lowest BCUT2D eigenvalue weighted by Gasteiger charge is -2.13. The second-order valence-electron chi connectivity index (χ2n) is 3.35. The molecule has 0 aliphatic heterocycles. The van der Waals surface area contributed by atoms with Crippen LogP contribution in [0.5, 0.6) is 0 Å². The van der Waals surface area contributed by atoms with Gasteiger partial charge in [-0.2, -0.15) is 0 Å². The maximum atomic E-state index is 11.0. The first kappa shape index (κ1) is 11.2. The zero-order valence-corrected chi connectivity index (χ0v) is 8.57. The largest absolute Gasteiger partial charge is 0.368 e. The molecule has 0 heterocycles. The molecule has 4 nitrogen and oxygen atoms in total. The van der Waals surface area contributed by atoms with Gasteiger partial charge in [0, 0.05) is 13.3 Å². The molecule has 4 heteroatoms. The lowest BCUT2D eigenvalue weighted by Crippen LogP contribution is -2.44. The van der Waals surface area contributed by atoms with Gasteiger partial charge in [0.1, 0.15) is 6.04 Å². The van der Waals surface area contributed by atoms with Gasteiger partial charge in [0.25, 0.3) is 0 Å². The number of hydrogen-bond donors (Lipinski definition) is 2. The molecule has 0 aromatic heterocycles. The van der Waals surface area contributed by atoms with Crippen molar-refractivity contribution in [1.82, 2.24) is 5.32 Å². The van der Waals surface area contributed by atoms with Gasteiger partial charge in [0.2, 0.25) is 11.8 Å². The minimum Gasteiger partial charge on any atom is -0.368 e. The zero-order chi connectivity index (χ0) is 11.3. The van der Waals surface area contributed by atoms with Crippen LogP contribution in [0.4, 0.5) is 0 Å². The summed E-state index contributed by atoms with van der Waals surface area (Å²) < 4.78 is 0. The van der Waals surface area contributed by atoms with E-state index in [2.05, 4.69) is 5.32 Å². The molecule has 0 bridgehead atoms. The Balaban J connectivity index is 2.67. The first-order chi connectivity index (χ1) is 7.09. The Kier molecular flexibility index (Phi) is 3.85. The first-order valence-corrected chi connectivity index (χ1v) is 4.70. The van der Waals surface area contributed by atoms with E-state index in [1.165, 1.54) is 6.92 Å². The van der Waals surface area contributed by atoms with Gasteiger partial charge < -0.3 is 11.1 Å². The molecule has 3 N–H and O–H groups in total. The summed E-state index contributed by atoms with van der Waals surface area (Å²) in [6.07, 6.45) is 0.426. The summed E-state index contributed by atoms with van der Waals surface area (Å²) in [5.41, 5.74) is 6.15. The summed E-state index contributed by atoms with van der Waals surface area (Å²) in [4.78, 5) is 21.9. The standard InChI is InChI=1S/C11H14N2O2/c1-8(14)13-10(11(12)15)7-9-5-3-2-4-6-9/h2-6,10H,7H2,1H3,(H2,12,15)(H,13,14)/t10-/m1/s1. The minimum absolute atomic E-state index is 0.255. The highest BCUT2D eigenvalue weighted by Crippen LogP contribution is 2.02. The molecule has 80 valence electrons. The Morgan fingerprint density at radius 3 is 2.40 bits per heavy atom. The van der Waals surface area contributed by atoms with E-state index in [9.17, 15) is 9.59 Å². The fourth-order valence-electron chi connectivity index (χ4n) is 1.32. The van der Waals surface area contributed by atoms with Crippen molar-refractivity contribution in [3.8, 4) is 0 Å². The highest BCUT2D eigenvalue weighted by Gasteiger charge is 2.16. The Bertz CT molecular complexity index is 349. The van der Waals surface area contributed by atoms with Gasteiger partial charge in [-0.3, -0.25) is 9.59 Å². The van der Waals surface area contributed by atoms with Crippen LogP contribution in [-0.4, -0.2) is 17.9 Å². The van der Waals surface area contributed by atoms with Gasteiger partial charge in [-0.1, -0.05) is 30.3 Å². The summed E-state index contributed by atoms with van der Waals surface area (Å²) in [6.45, 7) is 1.36. The third-order valence-corrected chi connectivity index (χ3v) is 2.00. The van der Waals surface area contributed by atoms with Crippen LogP contribution in [0.25, 0.3) is 0 Å². The van der Waals surface area contributed by atoms with Crippen molar-refractivity contribution in [2.24, 2.45) is 5.73 Å². The van der Waals surface area contributed by atoms with Crippen LogP contribution >= 0.6 is 0 Å². The van der Waals surface area contributed by atoms with Crippen LogP contribution < -0.4 is 11.1 Å². The van der Waals surface area contributed by atoms with Gasteiger partial charge in [0.05, 0.1) is 0 Å². The molecule has 0 saturated heterocycles. The van der Waals surface area contributed by atoms with Gasteiger partial charge in [-0.15, -0.1) is 0 Å². The molecule has 2 amide bonds. The van der Waals surface area contributed by atoms with E-state index in [4.69, 9.17) is 5.73 Å². The van der Waals surface area contributed by atoms with E-state index < -0.39 is 11.9 Å². The Morgan fingerprint density at radius 1 is 1.33 bits per heavy atom. The second kappa shape index (κ2) is 5.14. The molecular formula is C11H14N2O2. The summed E-state index contributed by atoms with van der Waals surface area (Å²) in [6, 6.07) is 8.78. The number of nitrogens with two attached hydrogens (primary N) is 1. The number of carbonyl (C=O) groups excluding carboxylic acids is 2. The van der Waals surface area contributed by atoms with Crippen molar-refractivity contribution in [2.45, 2.75) is 19.4 Å². The van der Waals surface area contributed by atoms with Crippen molar-refractivity contribution in [1.29, 1.82) is 0 Å². The summed E-state index contributed by atoms with van der Waals surface area (Å²) >= 11 is 0. The third kappa shape index (κ3) is 3.81. The van der Waals surface area contributed by atoms with Crippen LogP contribution in [0, 0.1) is 0 Å². The van der Waals surface area contributed by atoms with E-state index in [-0.39, 0.29) is 5.91 Å². The monoisotopic (exact) mass is 206 g/mol. The molecule has 1 atom stereocenters. The van der Waals surface area contributed by atoms with E-state index in [0.717, 1.165) is 5.56 Å². The lowest BCUT2D eigenvalue weighted by molar-refractivity contribution is -0.126. The predicted molar refractivity (Wildman–Crippen MR) is 56.9 cm³/mol. The molecule has 1 aromatic carbocycles. The molecule has 1 rings (SSSR count). The van der Waals surface area contributed by atoms with Gasteiger partial charge >= 0.3 is 0 Å². The summed E-state index contributed by atoms with van der Waals surface area (Å²) in [7, 11) is 0. The Morgan fingerprint density at radius 2 is 1.93 bits per heavy atom. The van der Waals surface area contributed by atoms with Crippen molar-refractivity contribution in [3.63, 3.8) is 0 Å². The first-order valence-electron chi connectivity index (χ1n) is 4.70. The van der Waals surface area contributed by atoms with E-state index in [1.807, 2.05) is 30.3 Å². The van der Waals surface area contributed by atoms with Gasteiger partial charge in [-0.05, 0) is 5.56 Å². The van der Waals surface area contributed by atoms with Crippen LogP contribution in [0.3, 0.4) is 0 Å². The average molecular weight is 206 g/mol. The fraction of sp³-hybridized carbons (Fsp3) is 0.273. The van der Waals surface area contributed by atoms with Crippen LogP contribution in [0.1, 0.15) is 12.5 Å². The molecule has 0 fully saturated rings. The number of carbonyl (C=O) groups is 2. The maximum absolute atomic E-state index is 11.0.